The summed E-state index contributed by atoms with van der Waals surface area (Å²) in [6, 6.07) is 5.28. The Kier molecular flexibility index (Phi) is 5.88. The fourth-order valence-corrected chi connectivity index (χ4v) is 2.48. The van der Waals surface area contributed by atoms with E-state index in [0.29, 0.717) is 12.3 Å². The van der Waals surface area contributed by atoms with E-state index in [1.54, 1.807) is 12.1 Å². The van der Waals surface area contributed by atoms with E-state index < -0.39 is 16.1 Å². The second kappa shape index (κ2) is 7.02. The fraction of sp³-hybridized carbons (Fsp3) is 0.500. The Hall–Kier alpha value is -1.44. The summed E-state index contributed by atoms with van der Waals surface area (Å²) in [5.41, 5.74) is 6.60. The van der Waals surface area contributed by atoms with E-state index in [4.69, 9.17) is 10.9 Å². The first-order valence-corrected chi connectivity index (χ1v) is 8.34. The van der Waals surface area contributed by atoms with Crippen LogP contribution in [0.2, 0.25) is 0 Å². The lowest BCUT2D eigenvalue weighted by Crippen LogP contribution is -2.42. The molecule has 1 amide bonds. The number of rotatable bonds is 6. The standard InChI is InChI=1S/C14H23N3O3S/c1-9(2)8-13(15)14(18)17-10(3)11-4-6-12(7-5-11)21(16,19)20/h4-7,9-10,13H,8,15H2,1-3H3,(H,17,18)(H2,16,19,20). The van der Waals surface area contributed by atoms with Gasteiger partial charge in [0.2, 0.25) is 15.9 Å². The van der Waals surface area contributed by atoms with Gasteiger partial charge in [-0.15, -0.1) is 0 Å². The minimum atomic E-state index is -3.70. The third-order valence-corrected chi connectivity index (χ3v) is 4.06. The third-order valence-electron chi connectivity index (χ3n) is 3.13. The van der Waals surface area contributed by atoms with Crippen LogP contribution in [0.15, 0.2) is 29.2 Å². The number of primary sulfonamides is 1. The molecule has 0 aliphatic carbocycles. The van der Waals surface area contributed by atoms with Crippen molar-refractivity contribution < 1.29 is 13.2 Å². The molecule has 118 valence electrons. The number of hydrogen-bond donors (Lipinski definition) is 3. The normalized spacial score (nSPS) is 14.8. The van der Waals surface area contributed by atoms with Gasteiger partial charge >= 0.3 is 0 Å². The van der Waals surface area contributed by atoms with Gasteiger partial charge in [0.15, 0.2) is 0 Å². The van der Waals surface area contributed by atoms with Gasteiger partial charge in [-0.1, -0.05) is 26.0 Å². The summed E-state index contributed by atoms with van der Waals surface area (Å²) in [5.74, 6) is 0.127. The lowest BCUT2D eigenvalue weighted by atomic mass is 10.0. The summed E-state index contributed by atoms with van der Waals surface area (Å²) < 4.78 is 22.4. The molecule has 0 heterocycles. The van der Waals surface area contributed by atoms with Crippen LogP contribution in [0.3, 0.4) is 0 Å². The molecule has 1 aromatic rings. The molecule has 0 saturated heterocycles. The zero-order valence-corrected chi connectivity index (χ0v) is 13.4. The van der Waals surface area contributed by atoms with E-state index in [-0.39, 0.29) is 16.8 Å². The van der Waals surface area contributed by atoms with Crippen LogP contribution in [0.1, 0.15) is 38.8 Å². The Morgan fingerprint density at radius 3 is 2.14 bits per heavy atom. The van der Waals surface area contributed by atoms with Gasteiger partial charge in [-0.25, -0.2) is 13.6 Å². The number of carbonyl (C=O) groups excluding carboxylic acids is 1. The maximum atomic E-state index is 11.9. The molecule has 0 aliphatic rings. The van der Waals surface area contributed by atoms with E-state index >= 15 is 0 Å². The molecule has 5 N–H and O–H groups in total. The van der Waals surface area contributed by atoms with Crippen LogP contribution in [0, 0.1) is 5.92 Å². The van der Waals surface area contributed by atoms with Gasteiger partial charge in [-0.05, 0) is 37.0 Å². The maximum absolute atomic E-state index is 11.9. The zero-order chi connectivity index (χ0) is 16.2. The molecule has 0 spiro atoms. The molecular weight excluding hydrogens is 290 g/mol. The first-order chi connectivity index (χ1) is 9.61. The maximum Gasteiger partial charge on any atom is 0.238 e. The van der Waals surface area contributed by atoms with Crippen molar-refractivity contribution in [1.82, 2.24) is 5.32 Å². The van der Waals surface area contributed by atoms with Gasteiger partial charge in [0.25, 0.3) is 0 Å². The van der Waals surface area contributed by atoms with Crippen molar-refractivity contribution in [2.45, 2.75) is 44.2 Å². The predicted octanol–water partition coefficient (Wildman–Crippen LogP) is 0.885. The van der Waals surface area contributed by atoms with Crippen molar-refractivity contribution in [2.75, 3.05) is 0 Å². The second-order valence-corrected chi connectivity index (χ2v) is 7.14. The average molecular weight is 313 g/mol. The van der Waals surface area contributed by atoms with Crippen LogP contribution < -0.4 is 16.2 Å². The van der Waals surface area contributed by atoms with Gasteiger partial charge in [0.05, 0.1) is 17.0 Å². The Morgan fingerprint density at radius 1 is 1.19 bits per heavy atom. The number of nitrogens with one attached hydrogen (secondary N) is 1. The SMILES string of the molecule is CC(C)CC(N)C(=O)NC(C)c1ccc(S(N)(=O)=O)cc1. The minimum absolute atomic E-state index is 0.0429. The van der Waals surface area contributed by atoms with Crippen molar-refractivity contribution in [3.63, 3.8) is 0 Å². The molecule has 0 radical (unpaired) electrons. The van der Waals surface area contributed by atoms with Crippen LogP contribution in [-0.4, -0.2) is 20.4 Å². The summed E-state index contributed by atoms with van der Waals surface area (Å²) in [6.07, 6.45) is 0.614. The summed E-state index contributed by atoms with van der Waals surface area (Å²) in [6.45, 7) is 5.82. The zero-order valence-electron chi connectivity index (χ0n) is 12.5. The summed E-state index contributed by atoms with van der Waals surface area (Å²) in [4.78, 5) is 12.0. The molecule has 0 aromatic heterocycles. The van der Waals surface area contributed by atoms with Crippen molar-refractivity contribution in [1.29, 1.82) is 0 Å². The highest BCUT2D eigenvalue weighted by Crippen LogP contribution is 2.16. The molecule has 2 unspecified atom stereocenters. The minimum Gasteiger partial charge on any atom is -0.348 e. The fourth-order valence-electron chi connectivity index (χ4n) is 1.96. The molecular formula is C14H23N3O3S. The number of benzene rings is 1. The Labute approximate surface area is 126 Å². The highest BCUT2D eigenvalue weighted by Gasteiger charge is 2.18. The molecule has 0 bridgehead atoms. The van der Waals surface area contributed by atoms with Crippen molar-refractivity contribution >= 4 is 15.9 Å². The number of amides is 1. The van der Waals surface area contributed by atoms with E-state index in [1.165, 1.54) is 12.1 Å². The molecule has 1 rings (SSSR count). The van der Waals surface area contributed by atoms with E-state index in [0.717, 1.165) is 5.56 Å². The Bertz CT molecular complexity index is 582. The molecule has 2 atom stereocenters. The first-order valence-electron chi connectivity index (χ1n) is 6.80. The molecule has 7 heteroatoms. The number of nitrogens with two attached hydrogens (primary N) is 2. The van der Waals surface area contributed by atoms with Crippen LogP contribution in [0.25, 0.3) is 0 Å². The lowest BCUT2D eigenvalue weighted by molar-refractivity contribution is -0.123. The summed E-state index contributed by atoms with van der Waals surface area (Å²) in [7, 11) is -3.70. The highest BCUT2D eigenvalue weighted by molar-refractivity contribution is 7.89. The molecule has 0 fully saturated rings. The van der Waals surface area contributed by atoms with E-state index in [9.17, 15) is 13.2 Å². The smallest absolute Gasteiger partial charge is 0.238 e. The van der Waals surface area contributed by atoms with Gasteiger partial charge in [-0.3, -0.25) is 4.79 Å². The van der Waals surface area contributed by atoms with Gasteiger partial charge in [0, 0.05) is 0 Å². The molecule has 1 aromatic carbocycles. The molecule has 0 saturated carbocycles. The van der Waals surface area contributed by atoms with Crippen molar-refractivity contribution in [3.05, 3.63) is 29.8 Å². The highest BCUT2D eigenvalue weighted by atomic mass is 32.2. The van der Waals surface area contributed by atoms with Gasteiger partial charge < -0.3 is 11.1 Å². The topological polar surface area (TPSA) is 115 Å². The second-order valence-electron chi connectivity index (χ2n) is 5.58. The molecule has 21 heavy (non-hydrogen) atoms. The number of hydrogen-bond acceptors (Lipinski definition) is 4. The summed E-state index contributed by atoms with van der Waals surface area (Å²) in [5, 5.41) is 7.85. The predicted molar refractivity (Wildman–Crippen MR) is 81.8 cm³/mol. The van der Waals surface area contributed by atoms with E-state index in [2.05, 4.69) is 5.32 Å². The lowest BCUT2D eigenvalue weighted by Gasteiger charge is -2.19. The van der Waals surface area contributed by atoms with E-state index in [1.807, 2.05) is 20.8 Å². The number of carbonyl (C=O) groups is 1. The van der Waals surface area contributed by atoms with Gasteiger partial charge in [-0.2, -0.15) is 0 Å². The monoisotopic (exact) mass is 313 g/mol. The molecule has 6 nitrogen and oxygen atoms in total. The molecule has 0 aliphatic heterocycles. The number of sulfonamides is 1. The summed E-state index contributed by atoms with van der Waals surface area (Å²) >= 11 is 0. The van der Waals surface area contributed by atoms with Crippen molar-refractivity contribution in [2.24, 2.45) is 16.8 Å². The van der Waals surface area contributed by atoms with Crippen LogP contribution in [0.5, 0.6) is 0 Å². The largest absolute Gasteiger partial charge is 0.348 e. The van der Waals surface area contributed by atoms with Crippen LogP contribution >= 0.6 is 0 Å². The Morgan fingerprint density at radius 2 is 1.71 bits per heavy atom. The third kappa shape index (κ3) is 5.45. The van der Waals surface area contributed by atoms with Crippen LogP contribution in [-0.2, 0) is 14.8 Å². The Balaban J connectivity index is 2.72. The average Bonchev–Trinajstić information content (AvgIpc) is 2.36. The van der Waals surface area contributed by atoms with Gasteiger partial charge in [0.1, 0.15) is 0 Å². The van der Waals surface area contributed by atoms with Crippen molar-refractivity contribution in [3.8, 4) is 0 Å². The quantitative estimate of drug-likeness (QED) is 0.723. The first kappa shape index (κ1) is 17.6. The van der Waals surface area contributed by atoms with Crippen LogP contribution in [0.4, 0.5) is 0 Å².